The van der Waals surface area contributed by atoms with E-state index in [1.54, 1.807) is 0 Å². The van der Waals surface area contributed by atoms with Gasteiger partial charge in [0.25, 0.3) is 0 Å². The molecular formula is C12H13NO3. The third-order valence-corrected chi connectivity index (χ3v) is 2.72. The Hall–Kier alpha value is -1.84. The molecule has 1 aromatic rings. The van der Waals surface area contributed by atoms with Crippen LogP contribution in [0.15, 0.2) is 12.1 Å². The van der Waals surface area contributed by atoms with E-state index in [0.29, 0.717) is 0 Å². The van der Waals surface area contributed by atoms with Crippen LogP contribution < -0.4 is 5.32 Å². The number of aryl methyl sites for hydroxylation is 3. The molecule has 0 bridgehead atoms. The quantitative estimate of drug-likeness (QED) is 0.580. The summed E-state index contributed by atoms with van der Waals surface area (Å²) < 4.78 is 4.48. The number of hydrogen-bond acceptors (Lipinski definition) is 3. The molecule has 0 aromatic heterocycles. The Morgan fingerprint density at radius 1 is 1.12 bits per heavy atom. The van der Waals surface area contributed by atoms with E-state index < -0.39 is 18.1 Å². The monoisotopic (exact) mass is 219 g/mol. The van der Waals surface area contributed by atoms with Crippen molar-refractivity contribution >= 4 is 12.1 Å². The largest absolute Gasteiger partial charge is 0.415 e. The predicted octanol–water partition coefficient (Wildman–Crippen LogP) is 1.92. The molecule has 0 radical (unpaired) electrons. The number of alkyl carbamates (subject to hydrolysis) is 1. The van der Waals surface area contributed by atoms with Gasteiger partial charge in [-0.05, 0) is 37.5 Å². The second-order valence-electron chi connectivity index (χ2n) is 4.10. The molecule has 1 aliphatic heterocycles. The summed E-state index contributed by atoms with van der Waals surface area (Å²) in [5.74, 6) is -0.528. The first-order valence-corrected chi connectivity index (χ1v) is 5.09. The molecule has 0 aliphatic carbocycles. The van der Waals surface area contributed by atoms with Gasteiger partial charge in [0.1, 0.15) is 0 Å². The summed E-state index contributed by atoms with van der Waals surface area (Å²) in [5.41, 5.74) is 3.95. The first-order chi connectivity index (χ1) is 7.49. The number of rotatable bonds is 1. The van der Waals surface area contributed by atoms with Crippen LogP contribution in [-0.2, 0) is 9.53 Å². The summed E-state index contributed by atoms with van der Waals surface area (Å²) in [4.78, 5) is 22.4. The zero-order chi connectivity index (χ0) is 11.9. The molecule has 84 valence electrons. The van der Waals surface area contributed by atoms with Crippen molar-refractivity contribution in [3.63, 3.8) is 0 Å². The third kappa shape index (κ3) is 1.66. The number of amides is 1. The molecule has 1 saturated heterocycles. The van der Waals surface area contributed by atoms with Crippen LogP contribution in [0.25, 0.3) is 0 Å². The lowest BCUT2D eigenvalue weighted by molar-refractivity contribution is -0.135. The van der Waals surface area contributed by atoms with Crippen LogP contribution in [0.1, 0.15) is 28.3 Å². The fourth-order valence-corrected chi connectivity index (χ4v) is 2.19. The van der Waals surface area contributed by atoms with Gasteiger partial charge in [0, 0.05) is 0 Å². The first kappa shape index (κ1) is 10.7. The normalized spacial score (nSPS) is 19.6. The van der Waals surface area contributed by atoms with Crippen LogP contribution in [0.3, 0.4) is 0 Å². The molecule has 0 spiro atoms. The van der Waals surface area contributed by atoms with Crippen LogP contribution in [-0.4, -0.2) is 12.1 Å². The lowest BCUT2D eigenvalue weighted by atomic mass is 9.94. The van der Waals surface area contributed by atoms with E-state index >= 15 is 0 Å². The predicted molar refractivity (Wildman–Crippen MR) is 58.0 cm³/mol. The minimum atomic E-state index is -0.672. The van der Waals surface area contributed by atoms with Crippen molar-refractivity contribution < 1.29 is 14.3 Å². The lowest BCUT2D eigenvalue weighted by Gasteiger charge is -2.14. The number of hydrogen-bond donors (Lipinski definition) is 1. The van der Waals surface area contributed by atoms with E-state index in [1.165, 1.54) is 0 Å². The van der Waals surface area contributed by atoms with E-state index in [4.69, 9.17) is 0 Å². The topological polar surface area (TPSA) is 55.4 Å². The maximum absolute atomic E-state index is 11.5. The highest BCUT2D eigenvalue weighted by molar-refractivity contribution is 5.96. The van der Waals surface area contributed by atoms with Crippen LogP contribution in [0, 0.1) is 20.8 Å². The van der Waals surface area contributed by atoms with Gasteiger partial charge in [-0.2, -0.15) is 0 Å². The van der Waals surface area contributed by atoms with E-state index in [1.807, 2.05) is 32.9 Å². The zero-order valence-electron chi connectivity index (χ0n) is 9.46. The molecule has 1 heterocycles. The highest BCUT2D eigenvalue weighted by Gasteiger charge is 2.35. The van der Waals surface area contributed by atoms with Gasteiger partial charge in [-0.3, -0.25) is 0 Å². The van der Waals surface area contributed by atoms with Gasteiger partial charge >= 0.3 is 12.1 Å². The smallest absolute Gasteiger partial charge is 0.374 e. The molecule has 1 amide bonds. The molecule has 4 heteroatoms. The summed E-state index contributed by atoms with van der Waals surface area (Å²) in [6.07, 6.45) is -0.672. The number of ether oxygens (including phenoxy) is 1. The van der Waals surface area contributed by atoms with Crippen molar-refractivity contribution in [2.75, 3.05) is 0 Å². The number of nitrogens with one attached hydrogen (secondary N) is 1. The Morgan fingerprint density at radius 3 is 2.12 bits per heavy atom. The number of carbonyl (C=O) groups excluding carboxylic acids is 2. The average molecular weight is 219 g/mol. The molecule has 1 unspecified atom stereocenters. The fraction of sp³-hybridized carbons (Fsp3) is 0.333. The Balaban J connectivity index is 2.48. The second-order valence-corrected chi connectivity index (χ2v) is 4.10. The Morgan fingerprint density at radius 2 is 1.69 bits per heavy atom. The summed E-state index contributed by atoms with van der Waals surface area (Å²) in [6, 6.07) is 3.31. The van der Waals surface area contributed by atoms with Crippen molar-refractivity contribution in [3.05, 3.63) is 34.4 Å². The van der Waals surface area contributed by atoms with Gasteiger partial charge < -0.3 is 10.1 Å². The number of benzene rings is 1. The van der Waals surface area contributed by atoms with Gasteiger partial charge in [-0.1, -0.05) is 17.7 Å². The van der Waals surface area contributed by atoms with Crippen LogP contribution in [0.4, 0.5) is 4.79 Å². The molecule has 1 aromatic carbocycles. The molecular weight excluding hydrogens is 206 g/mol. The van der Waals surface area contributed by atoms with Crippen molar-refractivity contribution in [3.8, 4) is 0 Å². The summed E-state index contributed by atoms with van der Waals surface area (Å²) in [6.45, 7) is 5.84. The maximum Gasteiger partial charge on any atom is 0.415 e. The minimum absolute atomic E-state index is 0.528. The molecule has 2 rings (SSSR count). The van der Waals surface area contributed by atoms with Gasteiger partial charge in [0.15, 0.2) is 6.04 Å². The van der Waals surface area contributed by atoms with E-state index in [2.05, 4.69) is 10.1 Å². The van der Waals surface area contributed by atoms with Crippen LogP contribution >= 0.6 is 0 Å². The standard InChI is InChI=1S/C12H13NO3/c1-6-4-7(2)9(8(3)5-6)10-11(14)16-12(15)13-10/h4-5,10H,1-3H3,(H,13,15). The highest BCUT2D eigenvalue weighted by atomic mass is 16.6. The van der Waals surface area contributed by atoms with Gasteiger partial charge in [-0.25, -0.2) is 9.59 Å². The van der Waals surface area contributed by atoms with Gasteiger partial charge in [0.05, 0.1) is 0 Å². The number of cyclic esters (lactones) is 2. The van der Waals surface area contributed by atoms with Crippen molar-refractivity contribution in [1.29, 1.82) is 0 Å². The Labute approximate surface area is 93.6 Å². The lowest BCUT2D eigenvalue weighted by Crippen LogP contribution is -2.22. The SMILES string of the molecule is Cc1cc(C)c(C2NC(=O)OC2=O)c(C)c1. The number of esters is 1. The van der Waals surface area contributed by atoms with Crippen molar-refractivity contribution in [1.82, 2.24) is 5.32 Å². The molecule has 16 heavy (non-hydrogen) atoms. The van der Waals surface area contributed by atoms with Gasteiger partial charge in [-0.15, -0.1) is 0 Å². The summed E-state index contributed by atoms with van der Waals surface area (Å²) >= 11 is 0. The molecule has 1 N–H and O–H groups in total. The van der Waals surface area contributed by atoms with Gasteiger partial charge in [0.2, 0.25) is 0 Å². The zero-order valence-corrected chi connectivity index (χ0v) is 9.46. The van der Waals surface area contributed by atoms with Crippen LogP contribution in [0.5, 0.6) is 0 Å². The molecule has 1 atom stereocenters. The molecule has 0 saturated carbocycles. The fourth-order valence-electron chi connectivity index (χ4n) is 2.19. The Kier molecular flexibility index (Phi) is 2.42. The third-order valence-electron chi connectivity index (χ3n) is 2.72. The maximum atomic E-state index is 11.5. The van der Waals surface area contributed by atoms with E-state index in [-0.39, 0.29) is 0 Å². The molecule has 4 nitrogen and oxygen atoms in total. The van der Waals surface area contributed by atoms with E-state index in [0.717, 1.165) is 22.3 Å². The Bertz CT molecular complexity index is 456. The highest BCUT2D eigenvalue weighted by Crippen LogP contribution is 2.27. The molecule has 1 aliphatic rings. The second kappa shape index (κ2) is 3.63. The number of carbonyl (C=O) groups is 2. The van der Waals surface area contributed by atoms with Crippen LogP contribution in [0.2, 0.25) is 0 Å². The summed E-state index contributed by atoms with van der Waals surface area (Å²) in [7, 11) is 0. The molecule has 1 fully saturated rings. The summed E-state index contributed by atoms with van der Waals surface area (Å²) in [5, 5.41) is 2.51. The first-order valence-electron chi connectivity index (χ1n) is 5.09. The minimum Gasteiger partial charge on any atom is -0.374 e. The van der Waals surface area contributed by atoms with Crippen molar-refractivity contribution in [2.45, 2.75) is 26.8 Å². The average Bonchev–Trinajstić information content (AvgIpc) is 2.43. The van der Waals surface area contributed by atoms with Crippen molar-refractivity contribution in [2.24, 2.45) is 0 Å². The van der Waals surface area contributed by atoms with E-state index in [9.17, 15) is 9.59 Å².